The van der Waals surface area contributed by atoms with E-state index in [9.17, 15) is 14.4 Å². The molecule has 2 aromatic carbocycles. The molecule has 0 saturated heterocycles. The quantitative estimate of drug-likeness (QED) is 0.480. The van der Waals surface area contributed by atoms with Gasteiger partial charge in [0.1, 0.15) is 12.6 Å². The molecule has 1 aliphatic rings. The molecular formula is C24H27N5O3. The molecule has 0 spiro atoms. The fourth-order valence-electron chi connectivity index (χ4n) is 3.93. The van der Waals surface area contributed by atoms with Crippen molar-refractivity contribution in [3.05, 3.63) is 60.3 Å². The van der Waals surface area contributed by atoms with Crippen molar-refractivity contribution in [2.45, 2.75) is 26.3 Å². The minimum Gasteiger partial charge on any atom is -0.361 e. The number of hydrogen-bond donors (Lipinski definition) is 4. The van der Waals surface area contributed by atoms with Gasteiger partial charge in [-0.3, -0.25) is 14.5 Å². The van der Waals surface area contributed by atoms with Crippen LogP contribution in [0.4, 0.5) is 16.2 Å². The Balaban J connectivity index is 1.39. The molecular weight excluding hydrogens is 406 g/mol. The first-order chi connectivity index (χ1) is 15.4. The summed E-state index contributed by atoms with van der Waals surface area (Å²) in [4.78, 5) is 42.5. The molecule has 3 aromatic rings. The molecule has 4 N–H and O–H groups in total. The summed E-state index contributed by atoms with van der Waals surface area (Å²) in [5, 5.41) is 9.64. The van der Waals surface area contributed by atoms with Crippen LogP contribution in [0.5, 0.6) is 0 Å². The number of carbonyl (C=O) groups excluding carboxylic acids is 3. The van der Waals surface area contributed by atoms with Crippen molar-refractivity contribution < 1.29 is 14.4 Å². The average Bonchev–Trinajstić information content (AvgIpc) is 3.19. The van der Waals surface area contributed by atoms with Crippen molar-refractivity contribution >= 4 is 40.1 Å². The van der Waals surface area contributed by atoms with E-state index in [1.165, 1.54) is 4.90 Å². The van der Waals surface area contributed by atoms with Gasteiger partial charge in [0.05, 0.1) is 11.4 Å². The van der Waals surface area contributed by atoms with E-state index >= 15 is 0 Å². The monoisotopic (exact) mass is 433 g/mol. The van der Waals surface area contributed by atoms with Gasteiger partial charge >= 0.3 is 6.03 Å². The minimum atomic E-state index is -0.720. The molecule has 0 radical (unpaired) electrons. The van der Waals surface area contributed by atoms with E-state index < -0.39 is 12.1 Å². The third-order valence-corrected chi connectivity index (χ3v) is 5.61. The lowest BCUT2D eigenvalue weighted by Gasteiger charge is -2.31. The van der Waals surface area contributed by atoms with E-state index in [1.807, 2.05) is 44.3 Å². The van der Waals surface area contributed by atoms with Gasteiger partial charge in [0.15, 0.2) is 0 Å². The Bertz CT molecular complexity index is 1150. The molecule has 4 amide bonds. The van der Waals surface area contributed by atoms with E-state index in [1.54, 1.807) is 24.3 Å². The average molecular weight is 434 g/mol. The SMILES string of the molecule is CC(C)[C@@H](NC(=O)N1CC(=O)Nc2ccccc21)C(=O)NCCc1c[nH]c2ccccc12. The lowest BCUT2D eigenvalue weighted by Crippen LogP contribution is -2.55. The highest BCUT2D eigenvalue weighted by Crippen LogP contribution is 2.29. The third kappa shape index (κ3) is 4.44. The summed E-state index contributed by atoms with van der Waals surface area (Å²) in [7, 11) is 0. The summed E-state index contributed by atoms with van der Waals surface area (Å²) in [5.41, 5.74) is 3.36. The fourth-order valence-corrected chi connectivity index (χ4v) is 3.93. The number of rotatable bonds is 6. The van der Waals surface area contributed by atoms with Crippen LogP contribution in [0.2, 0.25) is 0 Å². The van der Waals surface area contributed by atoms with E-state index in [0.29, 0.717) is 24.3 Å². The summed E-state index contributed by atoms with van der Waals surface area (Å²) >= 11 is 0. The largest absolute Gasteiger partial charge is 0.361 e. The number of amides is 4. The van der Waals surface area contributed by atoms with E-state index in [2.05, 4.69) is 20.9 Å². The Morgan fingerprint density at radius 2 is 1.84 bits per heavy atom. The van der Waals surface area contributed by atoms with Crippen LogP contribution >= 0.6 is 0 Å². The van der Waals surface area contributed by atoms with Crippen LogP contribution in [0.15, 0.2) is 54.7 Å². The zero-order valence-corrected chi connectivity index (χ0v) is 18.1. The van der Waals surface area contributed by atoms with Gasteiger partial charge in [-0.05, 0) is 36.1 Å². The molecule has 0 saturated carbocycles. The molecule has 4 rings (SSSR count). The maximum atomic E-state index is 13.0. The maximum Gasteiger partial charge on any atom is 0.323 e. The number of aromatic amines is 1. The van der Waals surface area contributed by atoms with E-state index in [0.717, 1.165) is 16.5 Å². The van der Waals surface area contributed by atoms with Crippen molar-refractivity contribution in [3.63, 3.8) is 0 Å². The van der Waals surface area contributed by atoms with Crippen LogP contribution in [0.25, 0.3) is 10.9 Å². The topological polar surface area (TPSA) is 106 Å². The van der Waals surface area contributed by atoms with Gasteiger partial charge in [-0.15, -0.1) is 0 Å². The molecule has 0 fully saturated rings. The Morgan fingerprint density at radius 3 is 2.66 bits per heavy atom. The summed E-state index contributed by atoms with van der Waals surface area (Å²) in [6.07, 6.45) is 2.63. The second kappa shape index (κ2) is 9.13. The number of carbonyl (C=O) groups is 3. The molecule has 2 heterocycles. The van der Waals surface area contributed by atoms with Gasteiger partial charge in [-0.2, -0.15) is 0 Å². The van der Waals surface area contributed by atoms with Crippen molar-refractivity contribution in [2.75, 3.05) is 23.3 Å². The molecule has 0 aliphatic carbocycles. The Labute approximate surface area is 186 Å². The first-order valence-electron chi connectivity index (χ1n) is 10.7. The minimum absolute atomic E-state index is 0.101. The molecule has 1 atom stereocenters. The van der Waals surface area contributed by atoms with Gasteiger partial charge in [0, 0.05) is 23.6 Å². The molecule has 8 nitrogen and oxygen atoms in total. The first-order valence-corrected chi connectivity index (χ1v) is 10.7. The molecule has 8 heteroatoms. The predicted octanol–water partition coefficient (Wildman–Crippen LogP) is 3.02. The van der Waals surface area contributed by atoms with E-state index in [4.69, 9.17) is 0 Å². The Morgan fingerprint density at radius 1 is 1.09 bits per heavy atom. The van der Waals surface area contributed by atoms with Crippen LogP contribution < -0.4 is 20.9 Å². The number of hydrogen-bond acceptors (Lipinski definition) is 3. The highest BCUT2D eigenvalue weighted by Gasteiger charge is 2.31. The standard InChI is InChI=1S/C24H27N5O3/c1-15(2)22(23(31)25-12-11-16-13-26-18-8-4-3-7-17(16)18)28-24(32)29-14-21(30)27-19-9-5-6-10-20(19)29/h3-10,13,15,22,26H,11-12,14H2,1-2H3,(H,25,31)(H,27,30)(H,28,32)/t22-/m1/s1. The van der Waals surface area contributed by atoms with Crippen LogP contribution in [-0.2, 0) is 16.0 Å². The van der Waals surface area contributed by atoms with Gasteiger partial charge in [0.25, 0.3) is 0 Å². The highest BCUT2D eigenvalue weighted by molar-refractivity contribution is 6.10. The summed E-state index contributed by atoms with van der Waals surface area (Å²) in [6.45, 7) is 4.10. The normalized spacial score (nSPS) is 14.1. The fraction of sp³-hybridized carbons (Fsp3) is 0.292. The molecule has 0 unspecified atom stereocenters. The lowest BCUT2D eigenvalue weighted by atomic mass is 10.0. The zero-order valence-electron chi connectivity index (χ0n) is 18.1. The number of nitrogens with one attached hydrogen (secondary N) is 4. The number of H-pyrrole nitrogens is 1. The van der Waals surface area contributed by atoms with Crippen molar-refractivity contribution in [3.8, 4) is 0 Å². The zero-order chi connectivity index (χ0) is 22.7. The molecule has 0 bridgehead atoms. The predicted molar refractivity (Wildman–Crippen MR) is 125 cm³/mol. The molecule has 1 aliphatic heterocycles. The molecule has 166 valence electrons. The summed E-state index contributed by atoms with van der Waals surface area (Å²) < 4.78 is 0. The maximum absolute atomic E-state index is 13.0. The number of para-hydroxylation sites is 3. The first kappa shape index (κ1) is 21.4. The van der Waals surface area contributed by atoms with Gasteiger partial charge in [-0.1, -0.05) is 44.2 Å². The second-order valence-electron chi connectivity index (χ2n) is 8.22. The third-order valence-electron chi connectivity index (χ3n) is 5.61. The lowest BCUT2D eigenvalue weighted by molar-refractivity contribution is -0.123. The highest BCUT2D eigenvalue weighted by atomic mass is 16.2. The van der Waals surface area contributed by atoms with Crippen LogP contribution in [0.3, 0.4) is 0 Å². The Hall–Kier alpha value is -3.81. The summed E-state index contributed by atoms with van der Waals surface area (Å²) in [5.74, 6) is -0.646. The van der Waals surface area contributed by atoms with Crippen molar-refractivity contribution in [1.29, 1.82) is 0 Å². The smallest absolute Gasteiger partial charge is 0.323 e. The van der Waals surface area contributed by atoms with E-state index in [-0.39, 0.29) is 24.3 Å². The number of anilines is 2. The molecule has 1 aromatic heterocycles. The van der Waals surface area contributed by atoms with Gasteiger partial charge in [-0.25, -0.2) is 4.79 Å². The number of aromatic nitrogens is 1. The number of fused-ring (bicyclic) bond motifs is 2. The van der Waals surface area contributed by atoms with Crippen molar-refractivity contribution in [2.24, 2.45) is 5.92 Å². The van der Waals surface area contributed by atoms with Gasteiger partial charge in [0.2, 0.25) is 11.8 Å². The number of nitrogens with zero attached hydrogens (tertiary/aromatic N) is 1. The van der Waals surface area contributed by atoms with Crippen LogP contribution in [0, 0.1) is 5.92 Å². The molecule has 32 heavy (non-hydrogen) atoms. The number of benzene rings is 2. The van der Waals surface area contributed by atoms with Crippen LogP contribution in [0.1, 0.15) is 19.4 Å². The summed E-state index contributed by atoms with van der Waals surface area (Å²) in [6, 6.07) is 13.9. The van der Waals surface area contributed by atoms with Crippen molar-refractivity contribution in [1.82, 2.24) is 15.6 Å². The van der Waals surface area contributed by atoms with Crippen LogP contribution in [-0.4, -0.2) is 42.0 Å². The van der Waals surface area contributed by atoms with Gasteiger partial charge < -0.3 is 20.9 Å². The number of urea groups is 1. The Kier molecular flexibility index (Phi) is 6.11. The second-order valence-corrected chi connectivity index (χ2v) is 8.22.